The molecule has 0 atom stereocenters. The number of hydrogen-bond donors (Lipinski definition) is 1. The number of nitrogens with two attached hydrogens (primary N) is 1. The van der Waals surface area contributed by atoms with Crippen LogP contribution in [0.5, 0.6) is 0 Å². The third-order valence-electron chi connectivity index (χ3n) is 3.52. The molecule has 0 aromatic heterocycles. The van der Waals surface area contributed by atoms with Crippen molar-refractivity contribution >= 4 is 15.9 Å². The molecule has 2 heteroatoms. The molecule has 1 aromatic rings. The fourth-order valence-corrected chi connectivity index (χ4v) is 3.52. The van der Waals surface area contributed by atoms with Crippen LogP contribution >= 0.6 is 15.9 Å². The predicted molar refractivity (Wildman–Crippen MR) is 77.3 cm³/mol. The van der Waals surface area contributed by atoms with Crippen molar-refractivity contribution in [3.8, 4) is 0 Å². The third kappa shape index (κ3) is 3.56. The lowest BCUT2D eigenvalue weighted by molar-refractivity contribution is 0.516. The van der Waals surface area contributed by atoms with Crippen LogP contribution in [0.4, 0.5) is 0 Å². The van der Waals surface area contributed by atoms with Crippen LogP contribution in [-0.2, 0) is 6.42 Å². The summed E-state index contributed by atoms with van der Waals surface area (Å²) in [6, 6.07) is 6.79. The van der Waals surface area contributed by atoms with Gasteiger partial charge in [-0.05, 0) is 56.2 Å². The Balaban J connectivity index is 2.16. The van der Waals surface area contributed by atoms with E-state index in [9.17, 15) is 0 Å². The third-order valence-corrected chi connectivity index (χ3v) is 4.21. The maximum absolute atomic E-state index is 6.06. The number of rotatable bonds is 3. The molecular weight excluding hydrogens is 274 g/mol. The molecule has 1 fully saturated rings. The Morgan fingerprint density at radius 3 is 2.47 bits per heavy atom. The van der Waals surface area contributed by atoms with Crippen molar-refractivity contribution in [3.63, 3.8) is 0 Å². The normalized spacial score (nSPS) is 17.6. The quantitative estimate of drug-likeness (QED) is 0.879. The van der Waals surface area contributed by atoms with Gasteiger partial charge < -0.3 is 5.73 Å². The van der Waals surface area contributed by atoms with E-state index in [0.717, 1.165) is 12.3 Å². The van der Waals surface area contributed by atoms with E-state index in [-0.39, 0.29) is 5.54 Å². The summed E-state index contributed by atoms with van der Waals surface area (Å²) in [6.07, 6.45) is 6.39. The van der Waals surface area contributed by atoms with Crippen molar-refractivity contribution < 1.29 is 0 Å². The second-order valence-electron chi connectivity index (χ2n) is 6.00. The van der Waals surface area contributed by atoms with Gasteiger partial charge in [0.1, 0.15) is 0 Å². The molecule has 2 rings (SSSR count). The van der Waals surface area contributed by atoms with Gasteiger partial charge in [0.15, 0.2) is 0 Å². The topological polar surface area (TPSA) is 26.0 Å². The average molecular weight is 296 g/mol. The molecule has 1 saturated carbocycles. The van der Waals surface area contributed by atoms with Crippen LogP contribution in [0, 0.1) is 0 Å². The SMILES string of the molecule is CC(C)(N)Cc1ccc(C2CCCC2)c(Br)c1. The molecule has 0 saturated heterocycles. The smallest absolute Gasteiger partial charge is 0.0212 e. The van der Waals surface area contributed by atoms with Gasteiger partial charge in [-0.1, -0.05) is 40.9 Å². The molecule has 1 aliphatic carbocycles. The first-order valence-corrected chi connectivity index (χ1v) is 7.32. The van der Waals surface area contributed by atoms with Crippen molar-refractivity contribution in [1.29, 1.82) is 0 Å². The second kappa shape index (κ2) is 5.11. The molecule has 0 heterocycles. The summed E-state index contributed by atoms with van der Waals surface area (Å²) in [5.41, 5.74) is 8.74. The van der Waals surface area contributed by atoms with E-state index in [4.69, 9.17) is 5.73 Å². The lowest BCUT2D eigenvalue weighted by Gasteiger charge is -2.20. The van der Waals surface area contributed by atoms with E-state index in [1.807, 2.05) is 0 Å². The number of halogens is 1. The van der Waals surface area contributed by atoms with Crippen LogP contribution < -0.4 is 5.73 Å². The summed E-state index contributed by atoms with van der Waals surface area (Å²) in [5, 5.41) is 0. The van der Waals surface area contributed by atoms with Crippen LogP contribution in [0.25, 0.3) is 0 Å². The van der Waals surface area contributed by atoms with Gasteiger partial charge in [-0.2, -0.15) is 0 Å². The van der Waals surface area contributed by atoms with Crippen molar-refractivity contribution in [1.82, 2.24) is 0 Å². The molecule has 1 nitrogen and oxygen atoms in total. The minimum Gasteiger partial charge on any atom is -0.325 e. The van der Waals surface area contributed by atoms with Gasteiger partial charge in [-0.25, -0.2) is 0 Å². The van der Waals surface area contributed by atoms with Gasteiger partial charge in [0, 0.05) is 10.0 Å². The van der Waals surface area contributed by atoms with Crippen LogP contribution in [0.1, 0.15) is 56.6 Å². The maximum atomic E-state index is 6.06. The molecule has 0 amide bonds. The zero-order valence-corrected chi connectivity index (χ0v) is 12.4. The van der Waals surface area contributed by atoms with Crippen molar-refractivity contribution in [3.05, 3.63) is 33.8 Å². The zero-order valence-electron chi connectivity index (χ0n) is 10.8. The Kier molecular flexibility index (Phi) is 3.94. The minimum absolute atomic E-state index is 0.131. The van der Waals surface area contributed by atoms with Gasteiger partial charge in [-0.15, -0.1) is 0 Å². The van der Waals surface area contributed by atoms with E-state index in [1.54, 1.807) is 0 Å². The molecular formula is C15H22BrN. The number of benzene rings is 1. The molecule has 0 unspecified atom stereocenters. The molecule has 0 bridgehead atoms. The van der Waals surface area contributed by atoms with Gasteiger partial charge in [0.25, 0.3) is 0 Å². The molecule has 0 aliphatic heterocycles. The molecule has 1 aliphatic rings. The molecule has 94 valence electrons. The van der Waals surface area contributed by atoms with Crippen molar-refractivity contribution in [2.75, 3.05) is 0 Å². The standard InChI is InChI=1S/C15H22BrN/c1-15(2,17)10-11-7-8-13(14(16)9-11)12-5-3-4-6-12/h7-9,12H,3-6,10,17H2,1-2H3. The van der Waals surface area contributed by atoms with E-state index >= 15 is 0 Å². The highest BCUT2D eigenvalue weighted by Crippen LogP contribution is 2.38. The Hall–Kier alpha value is -0.340. The van der Waals surface area contributed by atoms with Crippen molar-refractivity contribution in [2.24, 2.45) is 5.73 Å². The summed E-state index contributed by atoms with van der Waals surface area (Å²) in [4.78, 5) is 0. The molecule has 0 spiro atoms. The molecule has 2 N–H and O–H groups in total. The maximum Gasteiger partial charge on any atom is 0.0212 e. The Bertz CT molecular complexity index is 386. The van der Waals surface area contributed by atoms with E-state index < -0.39 is 0 Å². The highest BCUT2D eigenvalue weighted by molar-refractivity contribution is 9.10. The zero-order chi connectivity index (χ0) is 12.5. The first kappa shape index (κ1) is 13.1. The molecule has 1 aromatic carbocycles. The second-order valence-corrected chi connectivity index (χ2v) is 6.86. The lowest BCUT2D eigenvalue weighted by Crippen LogP contribution is -2.34. The number of hydrogen-bond acceptors (Lipinski definition) is 1. The van der Waals surface area contributed by atoms with Crippen LogP contribution in [-0.4, -0.2) is 5.54 Å². The van der Waals surface area contributed by atoms with Crippen molar-refractivity contribution in [2.45, 2.75) is 57.4 Å². The van der Waals surface area contributed by atoms with Crippen LogP contribution in [0.15, 0.2) is 22.7 Å². The Morgan fingerprint density at radius 1 is 1.29 bits per heavy atom. The van der Waals surface area contributed by atoms with Crippen LogP contribution in [0.3, 0.4) is 0 Å². The highest BCUT2D eigenvalue weighted by Gasteiger charge is 2.20. The molecule has 17 heavy (non-hydrogen) atoms. The van der Waals surface area contributed by atoms with E-state index in [0.29, 0.717) is 0 Å². The largest absolute Gasteiger partial charge is 0.325 e. The molecule has 0 radical (unpaired) electrons. The fourth-order valence-electron chi connectivity index (χ4n) is 2.77. The predicted octanol–water partition coefficient (Wildman–Crippen LogP) is 4.39. The summed E-state index contributed by atoms with van der Waals surface area (Å²) in [6.45, 7) is 4.15. The van der Waals surface area contributed by atoms with Crippen LogP contribution in [0.2, 0.25) is 0 Å². The Morgan fingerprint density at radius 2 is 1.94 bits per heavy atom. The highest BCUT2D eigenvalue weighted by atomic mass is 79.9. The summed E-state index contributed by atoms with van der Waals surface area (Å²) in [7, 11) is 0. The van der Waals surface area contributed by atoms with Gasteiger partial charge >= 0.3 is 0 Å². The first-order valence-electron chi connectivity index (χ1n) is 6.53. The summed E-state index contributed by atoms with van der Waals surface area (Å²) >= 11 is 3.72. The van der Waals surface area contributed by atoms with Gasteiger partial charge in [0.05, 0.1) is 0 Å². The minimum atomic E-state index is -0.131. The fraction of sp³-hybridized carbons (Fsp3) is 0.600. The van der Waals surface area contributed by atoms with E-state index in [1.165, 1.54) is 41.3 Å². The first-order chi connectivity index (χ1) is 7.96. The lowest BCUT2D eigenvalue weighted by atomic mass is 9.92. The summed E-state index contributed by atoms with van der Waals surface area (Å²) in [5.74, 6) is 0.768. The van der Waals surface area contributed by atoms with Gasteiger partial charge in [0.2, 0.25) is 0 Å². The average Bonchev–Trinajstić information content (AvgIpc) is 2.68. The Labute approximate surface area is 113 Å². The van der Waals surface area contributed by atoms with Gasteiger partial charge in [-0.3, -0.25) is 0 Å². The monoisotopic (exact) mass is 295 g/mol. The summed E-state index contributed by atoms with van der Waals surface area (Å²) < 4.78 is 1.27. The van der Waals surface area contributed by atoms with E-state index in [2.05, 4.69) is 48.0 Å².